The number of fused-ring (bicyclic) bond motifs is 1. The Morgan fingerprint density at radius 1 is 1.38 bits per heavy atom. The van der Waals surface area contributed by atoms with E-state index in [0.29, 0.717) is 6.42 Å². The molecular weight excluding hydrogens is 204 g/mol. The number of thiophene rings is 1. The Labute approximate surface area is 85.6 Å². The molecule has 1 N–H and O–H groups in total. The highest BCUT2D eigenvalue weighted by Gasteiger charge is 2.03. The zero-order valence-corrected chi connectivity index (χ0v) is 8.53. The summed E-state index contributed by atoms with van der Waals surface area (Å²) in [6.45, 7) is 0.148. The molecule has 0 amide bonds. The Morgan fingerprint density at radius 2 is 2.23 bits per heavy atom. The molecule has 3 heteroatoms. The van der Waals surface area contributed by atoms with Gasteiger partial charge in [-0.05, 0) is 40.9 Å². The van der Waals surface area contributed by atoms with Gasteiger partial charge in [-0.15, -0.1) is 11.3 Å². The average Bonchev–Trinajstić information content (AvgIpc) is 2.52. The normalized spacial score (nSPS) is 10.9. The summed E-state index contributed by atoms with van der Waals surface area (Å²) < 4.78 is 1.20. The van der Waals surface area contributed by atoms with Gasteiger partial charge in [0.2, 0.25) is 0 Å². The first-order valence-corrected chi connectivity index (χ1v) is 5.33. The number of aliphatic hydroxyl groups excluding tert-OH is 1. The fraction of sp³-hybridized carbons (Fsp3) is 0.200. The van der Waals surface area contributed by atoms with Crippen LogP contribution >= 0.6 is 22.9 Å². The molecular formula is C10H9ClOS. The largest absolute Gasteiger partial charge is 0.396 e. The number of rotatable bonds is 2. The summed E-state index contributed by atoms with van der Waals surface area (Å²) in [6.07, 6.45) is 0.630. The van der Waals surface area contributed by atoms with E-state index in [4.69, 9.17) is 16.7 Å². The van der Waals surface area contributed by atoms with Gasteiger partial charge in [-0.25, -0.2) is 0 Å². The first-order valence-electron chi connectivity index (χ1n) is 4.08. The van der Waals surface area contributed by atoms with Gasteiger partial charge in [0.1, 0.15) is 0 Å². The first-order chi connectivity index (χ1) is 6.31. The molecule has 13 heavy (non-hydrogen) atoms. The second kappa shape index (κ2) is 3.66. The zero-order chi connectivity index (χ0) is 9.26. The van der Waals surface area contributed by atoms with E-state index in [1.807, 2.05) is 17.5 Å². The van der Waals surface area contributed by atoms with Crippen LogP contribution in [0.3, 0.4) is 0 Å². The molecule has 0 unspecified atom stereocenters. The van der Waals surface area contributed by atoms with E-state index in [2.05, 4.69) is 6.07 Å². The van der Waals surface area contributed by atoms with E-state index in [0.717, 1.165) is 10.6 Å². The quantitative estimate of drug-likeness (QED) is 0.811. The van der Waals surface area contributed by atoms with Crippen LogP contribution in [0.15, 0.2) is 23.6 Å². The lowest BCUT2D eigenvalue weighted by atomic mass is 10.1. The molecule has 1 aromatic carbocycles. The average molecular weight is 213 g/mol. The molecule has 0 saturated heterocycles. The number of hydrogen-bond donors (Lipinski definition) is 1. The maximum Gasteiger partial charge on any atom is 0.0471 e. The van der Waals surface area contributed by atoms with Gasteiger partial charge >= 0.3 is 0 Å². The molecule has 68 valence electrons. The summed E-state index contributed by atoms with van der Waals surface area (Å²) in [4.78, 5) is 0. The van der Waals surface area contributed by atoms with E-state index >= 15 is 0 Å². The van der Waals surface area contributed by atoms with E-state index in [-0.39, 0.29) is 6.61 Å². The molecule has 0 aliphatic rings. The Morgan fingerprint density at radius 3 is 3.00 bits per heavy atom. The van der Waals surface area contributed by atoms with Crippen molar-refractivity contribution in [1.82, 2.24) is 0 Å². The van der Waals surface area contributed by atoms with Crippen molar-refractivity contribution in [3.05, 3.63) is 34.2 Å². The van der Waals surface area contributed by atoms with Crippen molar-refractivity contribution in [1.29, 1.82) is 0 Å². The third-order valence-electron chi connectivity index (χ3n) is 2.00. The minimum atomic E-state index is 0.148. The summed E-state index contributed by atoms with van der Waals surface area (Å²) in [5.41, 5.74) is 1.02. The van der Waals surface area contributed by atoms with Crippen LogP contribution in [0.2, 0.25) is 5.02 Å². The van der Waals surface area contributed by atoms with Gasteiger partial charge in [0.25, 0.3) is 0 Å². The molecule has 0 bridgehead atoms. The molecule has 0 aliphatic carbocycles. The Bertz CT molecular complexity index is 422. The van der Waals surface area contributed by atoms with Crippen LogP contribution in [0, 0.1) is 0 Å². The monoisotopic (exact) mass is 212 g/mol. The topological polar surface area (TPSA) is 20.2 Å². The molecule has 0 radical (unpaired) electrons. The Kier molecular flexibility index (Phi) is 2.54. The molecule has 1 aromatic heterocycles. The standard InChI is InChI=1S/C10H9ClOS/c11-9-6-10-8(2-4-13-10)5-7(9)1-3-12/h2,4-6,12H,1,3H2. The van der Waals surface area contributed by atoms with Crippen molar-refractivity contribution in [2.24, 2.45) is 0 Å². The first kappa shape index (κ1) is 9.00. The van der Waals surface area contributed by atoms with Crippen molar-refractivity contribution in [3.8, 4) is 0 Å². The third-order valence-corrected chi connectivity index (χ3v) is 3.23. The van der Waals surface area contributed by atoms with Crippen LogP contribution in [0.1, 0.15) is 5.56 Å². The van der Waals surface area contributed by atoms with Gasteiger partial charge in [-0.1, -0.05) is 11.6 Å². The number of halogens is 1. The van der Waals surface area contributed by atoms with Crippen molar-refractivity contribution < 1.29 is 5.11 Å². The van der Waals surface area contributed by atoms with Gasteiger partial charge in [-0.3, -0.25) is 0 Å². The van der Waals surface area contributed by atoms with Gasteiger partial charge in [0.15, 0.2) is 0 Å². The molecule has 0 atom stereocenters. The lowest BCUT2D eigenvalue weighted by Crippen LogP contribution is -1.90. The predicted molar refractivity (Wildman–Crippen MR) is 57.6 cm³/mol. The van der Waals surface area contributed by atoms with Crippen LogP contribution in [0.25, 0.3) is 10.1 Å². The van der Waals surface area contributed by atoms with Crippen LogP contribution in [0.4, 0.5) is 0 Å². The predicted octanol–water partition coefficient (Wildman–Crippen LogP) is 3.09. The fourth-order valence-corrected chi connectivity index (χ4v) is 2.48. The summed E-state index contributed by atoms with van der Waals surface area (Å²) >= 11 is 7.72. The van der Waals surface area contributed by atoms with Crippen LogP contribution in [-0.2, 0) is 6.42 Å². The Balaban J connectivity index is 2.56. The molecule has 0 saturated carbocycles. The zero-order valence-electron chi connectivity index (χ0n) is 6.96. The lowest BCUT2D eigenvalue weighted by molar-refractivity contribution is 0.299. The van der Waals surface area contributed by atoms with Crippen molar-refractivity contribution >= 4 is 33.0 Å². The highest BCUT2D eigenvalue weighted by atomic mass is 35.5. The number of hydrogen-bond acceptors (Lipinski definition) is 2. The van der Waals surface area contributed by atoms with Gasteiger partial charge in [0, 0.05) is 16.3 Å². The fourth-order valence-electron chi connectivity index (χ4n) is 1.34. The van der Waals surface area contributed by atoms with E-state index in [1.54, 1.807) is 11.3 Å². The third kappa shape index (κ3) is 1.70. The van der Waals surface area contributed by atoms with E-state index < -0.39 is 0 Å². The summed E-state index contributed by atoms with van der Waals surface area (Å²) in [5.74, 6) is 0. The maximum atomic E-state index is 8.81. The molecule has 0 fully saturated rings. The lowest BCUT2D eigenvalue weighted by Gasteiger charge is -2.01. The molecule has 1 nitrogen and oxygen atoms in total. The smallest absolute Gasteiger partial charge is 0.0471 e. The minimum absolute atomic E-state index is 0.148. The summed E-state index contributed by atoms with van der Waals surface area (Å²) in [7, 11) is 0. The van der Waals surface area contributed by atoms with E-state index in [1.165, 1.54) is 10.1 Å². The van der Waals surface area contributed by atoms with Gasteiger partial charge in [0.05, 0.1) is 0 Å². The second-order valence-electron chi connectivity index (χ2n) is 2.88. The highest BCUT2D eigenvalue weighted by Crippen LogP contribution is 2.27. The van der Waals surface area contributed by atoms with Gasteiger partial charge < -0.3 is 5.11 Å². The molecule has 0 aliphatic heterocycles. The number of benzene rings is 1. The summed E-state index contributed by atoms with van der Waals surface area (Å²) in [5, 5.41) is 12.8. The second-order valence-corrected chi connectivity index (χ2v) is 4.23. The molecule has 0 spiro atoms. The molecule has 2 rings (SSSR count). The minimum Gasteiger partial charge on any atom is -0.396 e. The molecule has 1 heterocycles. The molecule has 2 aromatic rings. The van der Waals surface area contributed by atoms with Crippen molar-refractivity contribution in [3.63, 3.8) is 0 Å². The van der Waals surface area contributed by atoms with Crippen LogP contribution in [0.5, 0.6) is 0 Å². The van der Waals surface area contributed by atoms with Gasteiger partial charge in [-0.2, -0.15) is 0 Å². The number of aliphatic hydroxyl groups is 1. The van der Waals surface area contributed by atoms with E-state index in [9.17, 15) is 0 Å². The summed E-state index contributed by atoms with van der Waals surface area (Å²) in [6, 6.07) is 6.08. The maximum absolute atomic E-state index is 8.81. The van der Waals surface area contributed by atoms with Crippen LogP contribution < -0.4 is 0 Å². The Hall–Kier alpha value is -0.570. The highest BCUT2D eigenvalue weighted by molar-refractivity contribution is 7.17. The van der Waals surface area contributed by atoms with Crippen molar-refractivity contribution in [2.75, 3.05) is 6.61 Å². The van der Waals surface area contributed by atoms with Crippen LogP contribution in [-0.4, -0.2) is 11.7 Å². The SMILES string of the molecule is OCCc1cc2ccsc2cc1Cl. The van der Waals surface area contributed by atoms with Crippen molar-refractivity contribution in [2.45, 2.75) is 6.42 Å².